The lowest BCUT2D eigenvalue weighted by molar-refractivity contribution is -0.393. The largest absolute Gasteiger partial charge is 0.504 e. The summed E-state index contributed by atoms with van der Waals surface area (Å²) in [5.41, 5.74) is -4.50. The number of ether oxygens (including phenoxy) is 1. The highest BCUT2D eigenvalue weighted by molar-refractivity contribution is 5.86. The third-order valence-electron chi connectivity index (χ3n) is 3.73. The highest BCUT2D eigenvalue weighted by Gasteiger charge is 2.38. The van der Waals surface area contributed by atoms with Gasteiger partial charge < -0.3 is 9.84 Å². The van der Waals surface area contributed by atoms with Crippen LogP contribution in [-0.4, -0.2) is 35.3 Å². The van der Waals surface area contributed by atoms with Crippen LogP contribution in [0.4, 0.5) is 30.2 Å². The highest BCUT2D eigenvalue weighted by atomic mass is 19.4. The van der Waals surface area contributed by atoms with Crippen molar-refractivity contribution in [3.8, 4) is 11.5 Å². The number of phenols is 1. The second kappa shape index (κ2) is 8.00. The zero-order valence-electron chi connectivity index (χ0n) is 14.9. The summed E-state index contributed by atoms with van der Waals surface area (Å²) in [6, 6.07) is 4.74. The Morgan fingerprint density at radius 3 is 2.17 bits per heavy atom. The number of rotatable bonds is 6. The lowest BCUT2D eigenvalue weighted by Gasteiger charge is -2.15. The molecular formula is C16H13F3N4O6. The summed E-state index contributed by atoms with van der Waals surface area (Å²) in [7, 11) is 2.38. The summed E-state index contributed by atoms with van der Waals surface area (Å²) in [6.07, 6.45) is -4.01. The Bertz CT molecular complexity index is 958. The van der Waals surface area contributed by atoms with E-state index in [4.69, 9.17) is 4.74 Å². The molecule has 0 saturated heterocycles. The van der Waals surface area contributed by atoms with E-state index >= 15 is 0 Å². The van der Waals surface area contributed by atoms with Crippen molar-refractivity contribution in [3.63, 3.8) is 0 Å². The Labute approximate surface area is 160 Å². The van der Waals surface area contributed by atoms with Crippen molar-refractivity contribution in [1.29, 1.82) is 0 Å². The SMILES string of the molecule is COc1cccc(/C=N\N(C)c2c([N+](=O)[O-])cc(C(F)(F)F)cc2[N+](=O)[O-])c1O. The zero-order valence-corrected chi connectivity index (χ0v) is 14.9. The van der Waals surface area contributed by atoms with Gasteiger partial charge in [0.25, 0.3) is 0 Å². The molecule has 13 heteroatoms. The van der Waals surface area contributed by atoms with E-state index in [9.17, 15) is 38.5 Å². The van der Waals surface area contributed by atoms with Crippen LogP contribution < -0.4 is 9.75 Å². The number of hydrogen-bond acceptors (Lipinski definition) is 8. The Morgan fingerprint density at radius 2 is 1.72 bits per heavy atom. The molecule has 0 bridgehead atoms. The number of nitro groups is 2. The van der Waals surface area contributed by atoms with Crippen molar-refractivity contribution in [3.05, 3.63) is 61.7 Å². The zero-order chi connectivity index (χ0) is 21.9. The molecule has 0 aliphatic heterocycles. The third kappa shape index (κ3) is 4.51. The first-order valence-electron chi connectivity index (χ1n) is 7.65. The van der Waals surface area contributed by atoms with Crippen LogP contribution in [0.5, 0.6) is 11.5 Å². The fraction of sp³-hybridized carbons (Fsp3) is 0.188. The maximum Gasteiger partial charge on any atom is 0.416 e. The highest BCUT2D eigenvalue weighted by Crippen LogP contribution is 2.42. The maximum absolute atomic E-state index is 13.0. The van der Waals surface area contributed by atoms with Crippen molar-refractivity contribution < 1.29 is 32.9 Å². The van der Waals surface area contributed by atoms with Crippen LogP contribution in [0, 0.1) is 20.2 Å². The van der Waals surface area contributed by atoms with Gasteiger partial charge in [-0.25, -0.2) is 0 Å². The average molecular weight is 414 g/mol. The standard InChI is InChI=1S/C16H13F3N4O6/c1-21(20-8-9-4-3-5-13(29-2)15(9)24)14-11(22(25)26)6-10(16(17,18)19)7-12(14)23(27)28/h3-8,24H,1-2H3/b20-8-. The molecule has 0 fully saturated rings. The number of para-hydroxylation sites is 1. The fourth-order valence-corrected chi connectivity index (χ4v) is 2.39. The number of aromatic hydroxyl groups is 1. The van der Waals surface area contributed by atoms with Gasteiger partial charge in [0.1, 0.15) is 0 Å². The van der Waals surface area contributed by atoms with Crippen molar-refractivity contribution in [2.45, 2.75) is 6.18 Å². The van der Waals surface area contributed by atoms with Gasteiger partial charge in [-0.15, -0.1) is 0 Å². The van der Waals surface area contributed by atoms with Crippen LogP contribution in [0.15, 0.2) is 35.4 Å². The first-order chi connectivity index (χ1) is 13.5. The van der Waals surface area contributed by atoms with Gasteiger partial charge in [0.15, 0.2) is 11.5 Å². The Morgan fingerprint density at radius 1 is 1.17 bits per heavy atom. The smallest absolute Gasteiger partial charge is 0.416 e. The van der Waals surface area contributed by atoms with E-state index in [0.29, 0.717) is 5.01 Å². The molecule has 0 aromatic heterocycles. The first-order valence-corrected chi connectivity index (χ1v) is 7.65. The molecule has 154 valence electrons. The molecule has 0 spiro atoms. The topological polar surface area (TPSA) is 131 Å². The van der Waals surface area contributed by atoms with E-state index in [1.165, 1.54) is 25.3 Å². The van der Waals surface area contributed by atoms with Gasteiger partial charge in [0.05, 0.1) is 28.7 Å². The first kappa shape index (κ1) is 21.4. The number of alkyl halides is 3. The van der Waals surface area contributed by atoms with E-state index in [2.05, 4.69) is 5.10 Å². The van der Waals surface area contributed by atoms with E-state index < -0.39 is 38.6 Å². The summed E-state index contributed by atoms with van der Waals surface area (Å²) in [4.78, 5) is 20.2. The number of halogens is 3. The second-order valence-corrected chi connectivity index (χ2v) is 5.54. The van der Waals surface area contributed by atoms with Gasteiger partial charge in [-0.05, 0) is 12.1 Å². The number of benzene rings is 2. The molecule has 0 unspecified atom stereocenters. The summed E-state index contributed by atoms with van der Waals surface area (Å²) < 4.78 is 43.8. The summed E-state index contributed by atoms with van der Waals surface area (Å²) >= 11 is 0. The summed E-state index contributed by atoms with van der Waals surface area (Å²) in [5.74, 6) is -0.216. The molecule has 0 atom stereocenters. The molecule has 0 saturated carbocycles. The van der Waals surface area contributed by atoms with Gasteiger partial charge in [-0.1, -0.05) is 6.07 Å². The van der Waals surface area contributed by atoms with Crippen LogP contribution in [0.2, 0.25) is 0 Å². The van der Waals surface area contributed by atoms with E-state index in [1.807, 2.05) is 0 Å². The Kier molecular flexibility index (Phi) is 5.90. The fourth-order valence-electron chi connectivity index (χ4n) is 2.39. The molecular weight excluding hydrogens is 401 g/mol. The maximum atomic E-state index is 13.0. The third-order valence-corrected chi connectivity index (χ3v) is 3.73. The van der Waals surface area contributed by atoms with Crippen LogP contribution in [-0.2, 0) is 6.18 Å². The predicted octanol–water partition coefficient (Wildman–Crippen LogP) is 3.71. The van der Waals surface area contributed by atoms with Gasteiger partial charge in [0.2, 0.25) is 5.69 Å². The van der Waals surface area contributed by atoms with Gasteiger partial charge >= 0.3 is 17.6 Å². The number of hydrazone groups is 1. The molecule has 0 aliphatic rings. The van der Waals surface area contributed by atoms with Crippen LogP contribution in [0.3, 0.4) is 0 Å². The van der Waals surface area contributed by atoms with Crippen LogP contribution in [0.25, 0.3) is 0 Å². The van der Waals surface area contributed by atoms with Gasteiger partial charge in [-0.3, -0.25) is 25.2 Å². The lowest BCUT2D eigenvalue weighted by Crippen LogP contribution is -2.15. The molecule has 10 nitrogen and oxygen atoms in total. The molecule has 0 radical (unpaired) electrons. The molecule has 1 N–H and O–H groups in total. The van der Waals surface area contributed by atoms with Crippen molar-refractivity contribution >= 4 is 23.3 Å². The van der Waals surface area contributed by atoms with Crippen molar-refractivity contribution in [2.24, 2.45) is 5.10 Å². The number of methoxy groups -OCH3 is 1. The predicted molar refractivity (Wildman–Crippen MR) is 95.4 cm³/mol. The minimum Gasteiger partial charge on any atom is -0.504 e. The molecule has 2 aromatic carbocycles. The quantitative estimate of drug-likeness (QED) is 0.433. The van der Waals surface area contributed by atoms with E-state index in [-0.39, 0.29) is 29.2 Å². The van der Waals surface area contributed by atoms with Crippen molar-refractivity contribution in [2.75, 3.05) is 19.2 Å². The Balaban J connectivity index is 2.60. The number of phenolic OH excluding ortho intramolecular Hbond substituents is 1. The van der Waals surface area contributed by atoms with E-state index in [0.717, 1.165) is 13.3 Å². The molecule has 0 heterocycles. The average Bonchev–Trinajstić information content (AvgIpc) is 2.64. The molecule has 2 aromatic rings. The van der Waals surface area contributed by atoms with Gasteiger partial charge in [0, 0.05) is 24.7 Å². The van der Waals surface area contributed by atoms with Crippen molar-refractivity contribution in [1.82, 2.24) is 0 Å². The summed E-state index contributed by atoms with van der Waals surface area (Å²) in [6.45, 7) is 0. The number of nitro benzene ring substituents is 2. The number of hydrogen-bond donors (Lipinski definition) is 1. The normalized spacial score (nSPS) is 11.5. The van der Waals surface area contributed by atoms with Gasteiger partial charge in [-0.2, -0.15) is 18.3 Å². The van der Waals surface area contributed by atoms with E-state index in [1.54, 1.807) is 0 Å². The minimum absolute atomic E-state index is 0.100. The minimum atomic E-state index is -5.03. The van der Waals surface area contributed by atoms with Crippen LogP contribution >= 0.6 is 0 Å². The number of nitrogens with zero attached hydrogens (tertiary/aromatic N) is 4. The molecule has 2 rings (SSSR count). The molecule has 29 heavy (non-hydrogen) atoms. The molecule has 0 aliphatic carbocycles. The summed E-state index contributed by atoms with van der Waals surface area (Å²) in [5, 5.41) is 37.0. The molecule has 0 amide bonds. The second-order valence-electron chi connectivity index (χ2n) is 5.54. The number of anilines is 1. The van der Waals surface area contributed by atoms with Crippen LogP contribution in [0.1, 0.15) is 11.1 Å². The Hall–Kier alpha value is -3.90. The lowest BCUT2D eigenvalue weighted by atomic mass is 10.1. The monoisotopic (exact) mass is 414 g/mol.